The van der Waals surface area contributed by atoms with Crippen LogP contribution in [0.5, 0.6) is 0 Å². The number of carbonyl (C=O) groups excluding carboxylic acids is 2. The van der Waals surface area contributed by atoms with Gasteiger partial charge >= 0.3 is 17.1 Å². The van der Waals surface area contributed by atoms with E-state index in [1.807, 2.05) is 0 Å². The molecule has 8 heavy (non-hydrogen) atoms. The minimum atomic E-state index is -2.19. The van der Waals surface area contributed by atoms with Crippen molar-refractivity contribution in [3.8, 4) is 0 Å². The Morgan fingerprint density at radius 3 is 1.12 bits per heavy atom. The van der Waals surface area contributed by atoms with Crippen LogP contribution in [-0.2, 0) is 26.7 Å². The van der Waals surface area contributed by atoms with E-state index in [9.17, 15) is 0 Å². The molecule has 0 aliphatic carbocycles. The minimum Gasteiger partial charge on any atom is -0.543 e. The molecule has 0 aliphatic rings. The van der Waals surface area contributed by atoms with E-state index >= 15 is 0 Å². The summed E-state index contributed by atoms with van der Waals surface area (Å²) in [6, 6.07) is 0. The van der Waals surface area contributed by atoms with Crippen LogP contribution in [0.15, 0.2) is 0 Å². The first-order chi connectivity index (χ1) is 2.64. The van der Waals surface area contributed by atoms with Gasteiger partial charge in [-0.15, -0.1) is 0 Å². The fourth-order valence-corrected chi connectivity index (χ4v) is 0. The van der Waals surface area contributed by atoms with Gasteiger partial charge in [-0.3, -0.25) is 0 Å². The Labute approximate surface area is 55.7 Å². The van der Waals surface area contributed by atoms with Gasteiger partial charge in [-0.2, -0.15) is 0 Å². The van der Waals surface area contributed by atoms with Crippen LogP contribution in [0.4, 0.5) is 0 Å². The molecule has 0 spiro atoms. The summed E-state index contributed by atoms with van der Waals surface area (Å²) in [4.78, 5) is 17.9. The predicted molar refractivity (Wildman–Crippen MR) is 16.0 cm³/mol. The van der Waals surface area contributed by atoms with Gasteiger partial charge in [-0.1, -0.05) is 0 Å². The zero-order valence-corrected chi connectivity index (χ0v) is 5.09. The molecular formula is C2H4FeNO4. The Balaban J connectivity index is -0.000000125. The summed E-state index contributed by atoms with van der Waals surface area (Å²) >= 11 is 0. The van der Waals surface area contributed by atoms with Gasteiger partial charge in [0.1, 0.15) is 0 Å². The molecule has 0 aromatic rings. The molecule has 0 amide bonds. The summed E-state index contributed by atoms with van der Waals surface area (Å²) in [6.45, 7) is 0. The second kappa shape index (κ2) is 6.42. The first-order valence-corrected chi connectivity index (χ1v) is 1.07. The number of rotatable bonds is 0. The van der Waals surface area contributed by atoms with E-state index in [0.29, 0.717) is 0 Å². The number of hydrogen-bond donors (Lipinski definition) is 1. The van der Waals surface area contributed by atoms with Gasteiger partial charge in [0.05, 0.1) is 11.9 Å². The molecule has 0 aliphatic heterocycles. The molecule has 0 saturated heterocycles. The van der Waals surface area contributed by atoms with E-state index < -0.39 is 11.9 Å². The molecule has 0 rings (SSSR count). The monoisotopic (exact) mass is 162 g/mol. The van der Waals surface area contributed by atoms with Gasteiger partial charge in [-0.25, -0.2) is 0 Å². The SMILES string of the molecule is O=C([O-])C(=O)[O-].[Fe+].[NH4+]. The van der Waals surface area contributed by atoms with Gasteiger partial charge < -0.3 is 26.0 Å². The molecule has 0 heterocycles. The largest absolute Gasteiger partial charge is 1.00 e. The molecule has 0 saturated carbocycles. The van der Waals surface area contributed by atoms with Crippen molar-refractivity contribution >= 4 is 11.9 Å². The third kappa shape index (κ3) is 9.05. The molecule has 0 fully saturated rings. The molecule has 0 unspecified atom stereocenters. The summed E-state index contributed by atoms with van der Waals surface area (Å²) in [7, 11) is 0. The Bertz CT molecular complexity index is 80.0. The normalized spacial score (nSPS) is 5.50. The molecule has 4 N–H and O–H groups in total. The molecule has 0 aromatic heterocycles. The summed E-state index contributed by atoms with van der Waals surface area (Å²) in [5.41, 5.74) is 0. The van der Waals surface area contributed by atoms with Crippen LogP contribution >= 0.6 is 0 Å². The van der Waals surface area contributed by atoms with E-state index in [2.05, 4.69) is 0 Å². The van der Waals surface area contributed by atoms with E-state index in [4.69, 9.17) is 19.8 Å². The van der Waals surface area contributed by atoms with Crippen LogP contribution in [0.25, 0.3) is 0 Å². The Morgan fingerprint density at radius 2 is 1.12 bits per heavy atom. The molecule has 0 bridgehead atoms. The molecule has 49 valence electrons. The Hall–Kier alpha value is -0.581. The van der Waals surface area contributed by atoms with Crippen molar-refractivity contribution in [3.05, 3.63) is 0 Å². The summed E-state index contributed by atoms with van der Waals surface area (Å²) in [6.07, 6.45) is 0. The van der Waals surface area contributed by atoms with Crippen molar-refractivity contribution < 1.29 is 36.9 Å². The second-order valence-electron chi connectivity index (χ2n) is 0.575. The minimum absolute atomic E-state index is 0. The average molecular weight is 162 g/mol. The summed E-state index contributed by atoms with van der Waals surface area (Å²) in [5.74, 6) is -4.37. The number of carbonyl (C=O) groups is 2. The molecule has 0 atom stereocenters. The van der Waals surface area contributed by atoms with Gasteiger partial charge in [0.2, 0.25) is 0 Å². The standard InChI is InChI=1S/C2H2O4.Fe.H3N/c3-1(4)2(5)6;;/h(H,3,4)(H,5,6);;1H3/q;+1;/p-1. The fraction of sp³-hybridized carbons (Fsp3) is 0. The zero-order chi connectivity index (χ0) is 5.15. The molecule has 5 nitrogen and oxygen atoms in total. The topological polar surface area (TPSA) is 117 Å². The van der Waals surface area contributed by atoms with E-state index in [-0.39, 0.29) is 23.2 Å². The van der Waals surface area contributed by atoms with Crippen LogP contribution < -0.4 is 16.4 Å². The van der Waals surface area contributed by atoms with Crippen LogP contribution in [0.1, 0.15) is 0 Å². The summed E-state index contributed by atoms with van der Waals surface area (Å²) in [5, 5.41) is 17.9. The van der Waals surface area contributed by atoms with Crippen molar-refractivity contribution in [2.75, 3.05) is 0 Å². The maximum absolute atomic E-state index is 8.93. The number of carboxylic acid groups (broad SMARTS) is 2. The molecule has 0 aromatic carbocycles. The van der Waals surface area contributed by atoms with Gasteiger partial charge in [-0.05, 0) is 0 Å². The summed E-state index contributed by atoms with van der Waals surface area (Å²) < 4.78 is 0. The first kappa shape index (κ1) is 15.7. The van der Waals surface area contributed by atoms with Gasteiger partial charge in [0.15, 0.2) is 0 Å². The van der Waals surface area contributed by atoms with Crippen LogP contribution in [0.2, 0.25) is 0 Å². The fourth-order valence-electron chi connectivity index (χ4n) is 0. The zero-order valence-electron chi connectivity index (χ0n) is 3.99. The van der Waals surface area contributed by atoms with Gasteiger partial charge in [0.25, 0.3) is 0 Å². The van der Waals surface area contributed by atoms with E-state index in [1.165, 1.54) is 0 Å². The van der Waals surface area contributed by atoms with Crippen molar-refractivity contribution in [3.63, 3.8) is 0 Å². The smallest absolute Gasteiger partial charge is 0.543 e. The van der Waals surface area contributed by atoms with Crippen molar-refractivity contribution in [2.45, 2.75) is 0 Å². The average Bonchev–Trinajstić information content (AvgIpc) is 1.36. The molecular weight excluding hydrogens is 158 g/mol. The van der Waals surface area contributed by atoms with Crippen molar-refractivity contribution in [1.29, 1.82) is 0 Å². The number of carboxylic acids is 2. The molecule has 6 heteroatoms. The van der Waals surface area contributed by atoms with Crippen molar-refractivity contribution in [2.24, 2.45) is 0 Å². The number of aliphatic carboxylic acids is 2. The quantitative estimate of drug-likeness (QED) is 0.299. The van der Waals surface area contributed by atoms with Crippen LogP contribution in [-0.4, -0.2) is 11.9 Å². The van der Waals surface area contributed by atoms with Crippen LogP contribution in [0, 0.1) is 0 Å². The third-order valence-corrected chi connectivity index (χ3v) is 0.167. The van der Waals surface area contributed by atoms with E-state index in [0.717, 1.165) is 0 Å². The third-order valence-electron chi connectivity index (χ3n) is 0.167. The van der Waals surface area contributed by atoms with Crippen molar-refractivity contribution in [1.82, 2.24) is 6.15 Å². The number of hydrogen-bond acceptors (Lipinski definition) is 4. The number of quaternary nitrogens is 1. The maximum Gasteiger partial charge on any atom is 1.00 e. The maximum atomic E-state index is 8.93. The Kier molecular flexibility index (Phi) is 12.6. The Morgan fingerprint density at radius 1 is 1.00 bits per heavy atom. The second-order valence-corrected chi connectivity index (χ2v) is 0.575. The van der Waals surface area contributed by atoms with Gasteiger partial charge in [0, 0.05) is 0 Å². The van der Waals surface area contributed by atoms with E-state index in [1.54, 1.807) is 0 Å². The predicted octanol–water partition coefficient (Wildman–Crippen LogP) is -3.14. The first-order valence-electron chi connectivity index (χ1n) is 1.07. The van der Waals surface area contributed by atoms with Crippen LogP contribution in [0.3, 0.4) is 0 Å². The molecule has 1 radical (unpaired) electrons.